The van der Waals surface area contributed by atoms with Gasteiger partial charge in [0.05, 0.1) is 22.4 Å². The topological polar surface area (TPSA) is 30.7 Å². The number of fused-ring (bicyclic) bond motifs is 10. The standard InChI is InChI=1S/C45H35N3Si/c1-45(2)34-22-12-8-18-29(34)30-26-27-37-39(41(30)45)31-19-9-13-23-35(31)48(37)36-24-14-10-20-32(36)42-40-33-21-11-15-25-38(33)49(3,4)44(40)47-43(46-42)28-16-6-5-7-17-28/h5-27H,1-4H3. The van der Waals surface area contributed by atoms with Gasteiger partial charge in [0.15, 0.2) is 5.82 Å². The quantitative estimate of drug-likeness (QED) is 0.179. The number of nitrogens with zero attached hydrogens (tertiary/aromatic N) is 3. The Hall–Kier alpha value is -5.58. The Kier molecular flexibility index (Phi) is 5.79. The highest BCUT2D eigenvalue weighted by atomic mass is 28.3. The zero-order chi connectivity index (χ0) is 33.1. The molecule has 1 aliphatic heterocycles. The van der Waals surface area contributed by atoms with Gasteiger partial charge in [-0.3, -0.25) is 0 Å². The number of hydrogen-bond donors (Lipinski definition) is 0. The van der Waals surface area contributed by atoms with E-state index >= 15 is 0 Å². The second-order valence-electron chi connectivity index (χ2n) is 14.6. The van der Waals surface area contributed by atoms with Crippen LogP contribution in [0.1, 0.15) is 25.0 Å². The lowest BCUT2D eigenvalue weighted by Crippen LogP contribution is -2.50. The summed E-state index contributed by atoms with van der Waals surface area (Å²) in [5.74, 6) is 0.789. The van der Waals surface area contributed by atoms with Gasteiger partial charge in [-0.05, 0) is 51.2 Å². The smallest absolute Gasteiger partial charge is 0.159 e. The molecule has 8 aromatic rings. The minimum Gasteiger partial charge on any atom is -0.309 e. The number of benzene rings is 6. The van der Waals surface area contributed by atoms with Crippen LogP contribution in [0.3, 0.4) is 0 Å². The van der Waals surface area contributed by atoms with Gasteiger partial charge in [0.25, 0.3) is 0 Å². The lowest BCUT2D eigenvalue weighted by Gasteiger charge is -2.23. The third kappa shape index (κ3) is 3.78. The van der Waals surface area contributed by atoms with Crippen molar-refractivity contribution >= 4 is 40.4 Å². The molecule has 0 fully saturated rings. The van der Waals surface area contributed by atoms with Crippen LogP contribution in [-0.4, -0.2) is 22.6 Å². The minimum atomic E-state index is -2.10. The van der Waals surface area contributed by atoms with Gasteiger partial charge in [0, 0.05) is 38.2 Å². The summed E-state index contributed by atoms with van der Waals surface area (Å²) in [6.07, 6.45) is 0. The van der Waals surface area contributed by atoms with Crippen LogP contribution in [-0.2, 0) is 5.41 Å². The molecule has 10 rings (SSSR count). The zero-order valence-corrected chi connectivity index (χ0v) is 29.1. The van der Waals surface area contributed by atoms with Crippen LogP contribution in [0.5, 0.6) is 0 Å². The Labute approximate surface area is 287 Å². The number of rotatable bonds is 3. The van der Waals surface area contributed by atoms with Crippen LogP contribution >= 0.6 is 0 Å². The van der Waals surface area contributed by atoms with Crippen LogP contribution in [0.25, 0.3) is 72.4 Å². The fourth-order valence-electron chi connectivity index (χ4n) is 8.91. The Balaban J connectivity index is 1.31. The highest BCUT2D eigenvalue weighted by molar-refractivity contribution is 7.03. The van der Waals surface area contributed by atoms with E-state index in [9.17, 15) is 0 Å². The molecule has 0 N–H and O–H groups in total. The largest absolute Gasteiger partial charge is 0.309 e. The van der Waals surface area contributed by atoms with Crippen molar-refractivity contribution in [2.45, 2.75) is 32.4 Å². The van der Waals surface area contributed by atoms with Gasteiger partial charge in [-0.1, -0.05) is 148 Å². The molecule has 1 aliphatic carbocycles. The molecule has 0 atom stereocenters. The molecular formula is C45H35N3Si. The summed E-state index contributed by atoms with van der Waals surface area (Å²) >= 11 is 0. The first kappa shape index (κ1) is 28.4. The number of para-hydroxylation sites is 2. The third-order valence-electron chi connectivity index (χ3n) is 11.2. The lowest BCUT2D eigenvalue weighted by molar-refractivity contribution is 0.666. The first-order chi connectivity index (χ1) is 23.9. The first-order valence-electron chi connectivity index (χ1n) is 17.2. The Morgan fingerprint density at radius 1 is 0.571 bits per heavy atom. The summed E-state index contributed by atoms with van der Waals surface area (Å²) in [7, 11) is -2.10. The molecule has 4 heteroatoms. The van der Waals surface area contributed by atoms with Gasteiger partial charge in [0.2, 0.25) is 0 Å². The van der Waals surface area contributed by atoms with Gasteiger partial charge < -0.3 is 4.57 Å². The van der Waals surface area contributed by atoms with Crippen molar-refractivity contribution in [2.24, 2.45) is 0 Å². The summed E-state index contributed by atoms with van der Waals surface area (Å²) in [6, 6.07) is 50.8. The Morgan fingerprint density at radius 2 is 1.24 bits per heavy atom. The zero-order valence-electron chi connectivity index (χ0n) is 28.1. The minimum absolute atomic E-state index is 0.127. The molecule has 0 radical (unpaired) electrons. The molecule has 0 amide bonds. The molecule has 0 saturated heterocycles. The van der Waals surface area contributed by atoms with Crippen molar-refractivity contribution in [3.05, 3.63) is 151 Å². The van der Waals surface area contributed by atoms with E-state index < -0.39 is 8.07 Å². The van der Waals surface area contributed by atoms with Gasteiger partial charge >= 0.3 is 0 Å². The molecule has 0 spiro atoms. The van der Waals surface area contributed by atoms with Gasteiger partial charge in [-0.25, -0.2) is 9.97 Å². The van der Waals surface area contributed by atoms with Crippen LogP contribution in [0.4, 0.5) is 0 Å². The van der Waals surface area contributed by atoms with E-state index in [1.807, 2.05) is 0 Å². The van der Waals surface area contributed by atoms with E-state index in [1.165, 1.54) is 65.7 Å². The normalized spacial score (nSPS) is 14.9. The SMILES string of the molecule is CC1(C)c2ccccc2-c2ccc3c(c21)c1ccccc1n3-c1ccccc1-c1nc(-c2ccccc2)nc2c1-c1ccccc1[Si]2(C)C. The third-order valence-corrected chi connectivity index (χ3v) is 14.5. The molecule has 2 aliphatic rings. The predicted octanol–water partition coefficient (Wildman–Crippen LogP) is 10.0. The van der Waals surface area contributed by atoms with E-state index in [1.54, 1.807) is 0 Å². The molecule has 2 aromatic heterocycles. The summed E-state index contributed by atoms with van der Waals surface area (Å²) in [4.78, 5) is 10.9. The van der Waals surface area contributed by atoms with Crippen LogP contribution < -0.4 is 10.5 Å². The van der Waals surface area contributed by atoms with E-state index in [4.69, 9.17) is 9.97 Å². The molecule has 6 aromatic carbocycles. The fraction of sp³-hybridized carbons (Fsp3) is 0.111. The van der Waals surface area contributed by atoms with Crippen LogP contribution in [0.2, 0.25) is 13.1 Å². The Bertz CT molecular complexity index is 2660. The molecule has 0 unspecified atom stereocenters. The summed E-state index contributed by atoms with van der Waals surface area (Å²) < 4.78 is 2.49. The lowest BCUT2D eigenvalue weighted by atomic mass is 9.80. The summed E-state index contributed by atoms with van der Waals surface area (Å²) in [6.45, 7) is 9.63. The molecular weight excluding hydrogens is 611 g/mol. The maximum Gasteiger partial charge on any atom is 0.159 e. The van der Waals surface area contributed by atoms with Crippen molar-refractivity contribution < 1.29 is 0 Å². The average Bonchev–Trinajstić information content (AvgIpc) is 3.68. The van der Waals surface area contributed by atoms with Gasteiger partial charge in [-0.15, -0.1) is 0 Å². The molecule has 3 nitrogen and oxygen atoms in total. The molecule has 0 saturated carbocycles. The highest BCUT2D eigenvalue weighted by Gasteiger charge is 2.42. The first-order valence-corrected chi connectivity index (χ1v) is 20.2. The maximum atomic E-state index is 5.49. The molecule has 49 heavy (non-hydrogen) atoms. The van der Waals surface area contributed by atoms with Gasteiger partial charge in [0.1, 0.15) is 8.07 Å². The van der Waals surface area contributed by atoms with Crippen molar-refractivity contribution in [3.8, 4) is 50.6 Å². The fourth-order valence-corrected chi connectivity index (χ4v) is 11.8. The van der Waals surface area contributed by atoms with Gasteiger partial charge in [-0.2, -0.15) is 0 Å². The monoisotopic (exact) mass is 645 g/mol. The van der Waals surface area contributed by atoms with Crippen molar-refractivity contribution in [1.29, 1.82) is 0 Å². The molecule has 3 heterocycles. The van der Waals surface area contributed by atoms with Crippen molar-refractivity contribution in [1.82, 2.24) is 14.5 Å². The van der Waals surface area contributed by atoms with E-state index in [0.29, 0.717) is 0 Å². The van der Waals surface area contributed by atoms with E-state index in [0.717, 1.165) is 28.3 Å². The maximum absolute atomic E-state index is 5.49. The second kappa shape index (κ2) is 9.97. The molecule has 0 bridgehead atoms. The van der Waals surface area contributed by atoms with E-state index in [-0.39, 0.29) is 5.41 Å². The molecule has 234 valence electrons. The van der Waals surface area contributed by atoms with Crippen LogP contribution in [0.15, 0.2) is 140 Å². The van der Waals surface area contributed by atoms with E-state index in [2.05, 4.69) is 171 Å². The summed E-state index contributed by atoms with van der Waals surface area (Å²) in [5, 5.41) is 5.26. The predicted molar refractivity (Wildman–Crippen MR) is 207 cm³/mol. The number of hydrogen-bond acceptors (Lipinski definition) is 2. The Morgan fingerprint density at radius 3 is 2.08 bits per heavy atom. The number of aromatic nitrogens is 3. The summed E-state index contributed by atoms with van der Waals surface area (Å²) in [5.41, 5.74) is 14.5. The highest BCUT2D eigenvalue weighted by Crippen LogP contribution is 2.53. The van der Waals surface area contributed by atoms with Crippen molar-refractivity contribution in [3.63, 3.8) is 0 Å². The average molecular weight is 646 g/mol. The van der Waals surface area contributed by atoms with Crippen LogP contribution in [0, 0.1) is 0 Å². The van der Waals surface area contributed by atoms with Crippen molar-refractivity contribution in [2.75, 3.05) is 0 Å². The second-order valence-corrected chi connectivity index (χ2v) is 18.8.